The van der Waals surface area contributed by atoms with E-state index in [0.717, 1.165) is 17.8 Å². The van der Waals surface area contributed by atoms with E-state index in [-0.39, 0.29) is 0 Å². The molecule has 0 aliphatic carbocycles. The van der Waals surface area contributed by atoms with Crippen LogP contribution in [0.5, 0.6) is 0 Å². The number of unbranched alkanes of at least 4 members (excludes halogenated alkanes) is 2. The van der Waals surface area contributed by atoms with Gasteiger partial charge in [-0.1, -0.05) is 118 Å². The molecule has 0 saturated carbocycles. The summed E-state index contributed by atoms with van der Waals surface area (Å²) < 4.78 is 0. The summed E-state index contributed by atoms with van der Waals surface area (Å²) in [7, 11) is 0. The minimum absolute atomic E-state index is 0.939. The lowest BCUT2D eigenvalue weighted by Crippen LogP contribution is -2.03. The highest BCUT2D eigenvalue weighted by atomic mass is 14.2. The summed E-state index contributed by atoms with van der Waals surface area (Å²) in [6, 6.07) is 0. The second kappa shape index (κ2) is 14.9. The highest BCUT2D eigenvalue weighted by Gasteiger charge is 2.09. The monoisotopic (exact) mass is 296 g/mol. The van der Waals surface area contributed by atoms with Crippen LogP contribution >= 0.6 is 0 Å². The Morgan fingerprint density at radius 1 is 0.524 bits per heavy atom. The first-order valence-electron chi connectivity index (χ1n) is 10.1. The maximum absolute atomic E-state index is 2.45. The Morgan fingerprint density at radius 2 is 1.10 bits per heavy atom. The van der Waals surface area contributed by atoms with Crippen LogP contribution in [0.2, 0.25) is 0 Å². The first kappa shape index (κ1) is 21.0. The van der Waals surface area contributed by atoms with Gasteiger partial charge in [0.05, 0.1) is 0 Å². The number of hydrogen-bond donors (Lipinski definition) is 0. The highest BCUT2D eigenvalue weighted by molar-refractivity contribution is 4.63. The summed E-state index contributed by atoms with van der Waals surface area (Å²) in [6.07, 6.45) is 18.7. The van der Waals surface area contributed by atoms with Gasteiger partial charge in [0.15, 0.2) is 0 Å². The molecule has 0 bridgehead atoms. The molecular weight excluding hydrogens is 252 g/mol. The van der Waals surface area contributed by atoms with Gasteiger partial charge in [0.2, 0.25) is 0 Å². The van der Waals surface area contributed by atoms with Crippen LogP contribution < -0.4 is 0 Å². The third-order valence-corrected chi connectivity index (χ3v) is 5.31. The van der Waals surface area contributed by atoms with Gasteiger partial charge in [0.1, 0.15) is 0 Å². The van der Waals surface area contributed by atoms with Gasteiger partial charge in [-0.2, -0.15) is 0 Å². The Morgan fingerprint density at radius 3 is 1.71 bits per heavy atom. The van der Waals surface area contributed by atoms with Crippen LogP contribution in [0, 0.1) is 17.8 Å². The third-order valence-electron chi connectivity index (χ3n) is 5.31. The molecule has 0 aromatic heterocycles. The predicted molar refractivity (Wildman–Crippen MR) is 98.9 cm³/mol. The van der Waals surface area contributed by atoms with Gasteiger partial charge in [0.25, 0.3) is 0 Å². The molecule has 0 aromatic carbocycles. The van der Waals surface area contributed by atoms with E-state index in [0.29, 0.717) is 0 Å². The van der Waals surface area contributed by atoms with Gasteiger partial charge < -0.3 is 0 Å². The van der Waals surface area contributed by atoms with Gasteiger partial charge >= 0.3 is 0 Å². The van der Waals surface area contributed by atoms with Crippen LogP contribution in [0.3, 0.4) is 0 Å². The maximum Gasteiger partial charge on any atom is -0.0414 e. The van der Waals surface area contributed by atoms with E-state index in [1.807, 2.05) is 0 Å². The van der Waals surface area contributed by atoms with Crippen molar-refractivity contribution in [3.05, 3.63) is 0 Å². The third kappa shape index (κ3) is 13.4. The van der Waals surface area contributed by atoms with Crippen LogP contribution in [0.4, 0.5) is 0 Å². The minimum Gasteiger partial charge on any atom is -0.0654 e. The van der Waals surface area contributed by atoms with E-state index >= 15 is 0 Å². The van der Waals surface area contributed by atoms with Gasteiger partial charge in [-0.15, -0.1) is 0 Å². The summed E-state index contributed by atoms with van der Waals surface area (Å²) in [6.45, 7) is 11.8. The van der Waals surface area contributed by atoms with Crippen molar-refractivity contribution in [3.63, 3.8) is 0 Å². The molecule has 0 aliphatic heterocycles. The number of rotatable bonds is 15. The largest absolute Gasteiger partial charge is 0.0654 e. The normalized spacial score (nSPS) is 15.9. The molecule has 0 aliphatic rings. The van der Waals surface area contributed by atoms with E-state index in [2.05, 4.69) is 34.6 Å². The minimum atomic E-state index is 0.939. The van der Waals surface area contributed by atoms with Crippen LogP contribution in [-0.4, -0.2) is 0 Å². The van der Waals surface area contributed by atoms with E-state index in [1.54, 1.807) is 0 Å². The second-order valence-corrected chi connectivity index (χ2v) is 7.63. The van der Waals surface area contributed by atoms with Gasteiger partial charge in [0, 0.05) is 0 Å². The van der Waals surface area contributed by atoms with Crippen molar-refractivity contribution in [1.82, 2.24) is 0 Å². The predicted octanol–water partition coefficient (Wildman–Crippen LogP) is 8.01. The van der Waals surface area contributed by atoms with Crippen LogP contribution in [0.25, 0.3) is 0 Å². The van der Waals surface area contributed by atoms with E-state index in [1.165, 1.54) is 83.5 Å². The fraction of sp³-hybridized carbons (Fsp3) is 1.00. The summed E-state index contributed by atoms with van der Waals surface area (Å²) in [5.41, 5.74) is 0. The van der Waals surface area contributed by atoms with Crippen molar-refractivity contribution in [3.8, 4) is 0 Å². The van der Waals surface area contributed by atoms with Crippen molar-refractivity contribution >= 4 is 0 Å². The number of hydrogen-bond acceptors (Lipinski definition) is 0. The quantitative estimate of drug-likeness (QED) is 0.268. The van der Waals surface area contributed by atoms with E-state index in [4.69, 9.17) is 0 Å². The summed E-state index contributed by atoms with van der Waals surface area (Å²) in [4.78, 5) is 0. The zero-order chi connectivity index (χ0) is 15.9. The molecule has 0 rings (SSSR count). The van der Waals surface area contributed by atoms with Crippen molar-refractivity contribution in [2.24, 2.45) is 17.8 Å². The molecule has 0 N–H and O–H groups in total. The average molecular weight is 297 g/mol. The first-order chi connectivity index (χ1) is 10.1. The van der Waals surface area contributed by atoms with Crippen molar-refractivity contribution in [2.45, 2.75) is 118 Å². The lowest BCUT2D eigenvalue weighted by Gasteiger charge is -2.18. The molecule has 0 heteroatoms. The smallest absolute Gasteiger partial charge is 0.0414 e. The second-order valence-electron chi connectivity index (χ2n) is 7.63. The Balaban J connectivity index is 3.70. The molecule has 3 atom stereocenters. The molecular formula is C21H44. The zero-order valence-corrected chi connectivity index (χ0v) is 15.9. The lowest BCUT2D eigenvalue weighted by molar-refractivity contribution is 0.352. The molecule has 21 heavy (non-hydrogen) atoms. The van der Waals surface area contributed by atoms with E-state index < -0.39 is 0 Å². The molecule has 0 heterocycles. The molecule has 0 spiro atoms. The fourth-order valence-corrected chi connectivity index (χ4v) is 3.42. The molecule has 0 nitrogen and oxygen atoms in total. The zero-order valence-electron chi connectivity index (χ0n) is 15.9. The Hall–Kier alpha value is 0. The van der Waals surface area contributed by atoms with Gasteiger partial charge in [-0.05, 0) is 17.8 Å². The van der Waals surface area contributed by atoms with Crippen molar-refractivity contribution in [2.75, 3.05) is 0 Å². The Kier molecular flexibility index (Phi) is 14.9. The van der Waals surface area contributed by atoms with Crippen LogP contribution in [0.1, 0.15) is 118 Å². The Labute approximate surface area is 136 Å². The first-order valence-corrected chi connectivity index (χ1v) is 10.1. The molecule has 0 aromatic rings. The van der Waals surface area contributed by atoms with E-state index in [9.17, 15) is 0 Å². The van der Waals surface area contributed by atoms with Crippen LogP contribution in [-0.2, 0) is 0 Å². The molecule has 0 saturated heterocycles. The average Bonchev–Trinajstić information content (AvgIpc) is 2.48. The molecule has 128 valence electrons. The van der Waals surface area contributed by atoms with Gasteiger partial charge in [-0.3, -0.25) is 0 Å². The standard InChI is InChI=1S/C21H44/c1-6-9-14-20(5)16-12-18-21(13-7-2)17-11-10-15-19(4)8-3/h19-21H,6-18H2,1-5H3. The lowest BCUT2D eigenvalue weighted by atomic mass is 9.88. The van der Waals surface area contributed by atoms with Crippen molar-refractivity contribution in [1.29, 1.82) is 0 Å². The van der Waals surface area contributed by atoms with Gasteiger partial charge in [-0.25, -0.2) is 0 Å². The molecule has 0 amide bonds. The summed E-state index contributed by atoms with van der Waals surface area (Å²) in [5.74, 6) is 2.91. The molecule has 0 radical (unpaired) electrons. The fourth-order valence-electron chi connectivity index (χ4n) is 3.42. The maximum atomic E-state index is 2.45. The SMILES string of the molecule is CCCCC(C)CCCC(CCC)CCCCC(C)CC. The summed E-state index contributed by atoms with van der Waals surface area (Å²) in [5, 5.41) is 0. The van der Waals surface area contributed by atoms with Crippen LogP contribution in [0.15, 0.2) is 0 Å². The molecule has 3 unspecified atom stereocenters. The Bertz CT molecular complexity index is 196. The highest BCUT2D eigenvalue weighted by Crippen LogP contribution is 2.25. The summed E-state index contributed by atoms with van der Waals surface area (Å²) >= 11 is 0. The topological polar surface area (TPSA) is 0 Å². The molecule has 0 fully saturated rings. The van der Waals surface area contributed by atoms with Crippen molar-refractivity contribution < 1.29 is 0 Å².